The molecule has 2 heterocycles. The summed E-state index contributed by atoms with van der Waals surface area (Å²) in [7, 11) is 0. The van der Waals surface area contributed by atoms with Crippen molar-refractivity contribution < 1.29 is 9.59 Å². The molecule has 0 radical (unpaired) electrons. The predicted octanol–water partition coefficient (Wildman–Crippen LogP) is 5.54. The Bertz CT molecular complexity index is 1510. The fourth-order valence-corrected chi connectivity index (χ4v) is 6.41. The van der Waals surface area contributed by atoms with Gasteiger partial charge in [0, 0.05) is 28.4 Å². The number of Topliss-reactive ketones (excluding diaryl/α,β-unsaturated/α-hetero) is 1. The second kappa shape index (κ2) is 11.0. The van der Waals surface area contributed by atoms with Gasteiger partial charge in [-0.3, -0.25) is 14.5 Å². The first-order valence-electron chi connectivity index (χ1n) is 11.9. The molecule has 1 atom stereocenters. The highest BCUT2D eigenvalue weighted by Gasteiger charge is 2.41. The van der Waals surface area contributed by atoms with Crippen molar-refractivity contribution in [3.8, 4) is 6.07 Å². The monoisotopic (exact) mass is 562 g/mol. The quantitative estimate of drug-likeness (QED) is 0.375. The van der Waals surface area contributed by atoms with Crippen LogP contribution < -0.4 is 16.0 Å². The number of anilines is 2. The van der Waals surface area contributed by atoms with Gasteiger partial charge in [-0.05, 0) is 49.6 Å². The molecule has 1 amide bonds. The van der Waals surface area contributed by atoms with Gasteiger partial charge in [-0.1, -0.05) is 64.5 Å². The molecule has 0 bridgehead atoms. The van der Waals surface area contributed by atoms with E-state index in [1.807, 2.05) is 43.3 Å². The summed E-state index contributed by atoms with van der Waals surface area (Å²) in [6, 6.07) is 16.9. The van der Waals surface area contributed by atoms with Gasteiger partial charge in [0.25, 0.3) is 0 Å². The molecule has 3 N–H and O–H groups in total. The maximum Gasteiger partial charge on any atom is 0.234 e. The third kappa shape index (κ3) is 5.18. The molecule has 8 nitrogen and oxygen atoms in total. The standard InChI is InChI=1S/C27H23ClN6O2S2/c1-15-5-11-18(12-6-15)31-22(36)14-37-27-33-32-26(38-27)34-20-3-2-4-21(35)24(20)23(19(13-29)25(34)30)16-7-9-17(28)10-8-16/h5-12,23H,2-4,14,30H2,1H3,(H,31,36). The minimum absolute atomic E-state index is 0.0108. The Labute approximate surface area is 233 Å². The molecule has 1 aromatic heterocycles. The zero-order valence-corrected chi connectivity index (χ0v) is 22.8. The van der Waals surface area contributed by atoms with Crippen LogP contribution in [0.1, 0.15) is 36.3 Å². The molecule has 38 heavy (non-hydrogen) atoms. The van der Waals surface area contributed by atoms with Crippen LogP contribution in [0.4, 0.5) is 10.8 Å². The van der Waals surface area contributed by atoms with Crippen LogP contribution in [0.5, 0.6) is 0 Å². The van der Waals surface area contributed by atoms with E-state index in [1.54, 1.807) is 17.0 Å². The number of carbonyl (C=O) groups excluding carboxylic acids is 2. The maximum absolute atomic E-state index is 13.2. The Morgan fingerprint density at radius 3 is 2.66 bits per heavy atom. The van der Waals surface area contributed by atoms with Crippen LogP contribution in [0, 0.1) is 18.3 Å². The van der Waals surface area contributed by atoms with Crippen molar-refractivity contribution in [2.45, 2.75) is 36.4 Å². The Kier molecular flexibility index (Phi) is 7.51. The number of nitrogens with two attached hydrogens (primary N) is 1. The summed E-state index contributed by atoms with van der Waals surface area (Å²) >= 11 is 8.61. The zero-order valence-electron chi connectivity index (χ0n) is 20.4. The second-order valence-electron chi connectivity index (χ2n) is 8.92. The number of halogens is 1. The van der Waals surface area contributed by atoms with Gasteiger partial charge in [0.2, 0.25) is 11.0 Å². The average molecular weight is 563 g/mol. The van der Waals surface area contributed by atoms with Gasteiger partial charge in [0.1, 0.15) is 5.82 Å². The van der Waals surface area contributed by atoms with Gasteiger partial charge in [-0.2, -0.15) is 5.26 Å². The van der Waals surface area contributed by atoms with Gasteiger partial charge in [0.15, 0.2) is 10.1 Å². The number of thioether (sulfide) groups is 1. The van der Waals surface area contributed by atoms with Crippen LogP contribution in [-0.2, 0) is 9.59 Å². The van der Waals surface area contributed by atoms with Gasteiger partial charge < -0.3 is 11.1 Å². The van der Waals surface area contributed by atoms with Crippen molar-refractivity contribution in [3.05, 3.63) is 87.3 Å². The van der Waals surface area contributed by atoms with E-state index in [0.29, 0.717) is 39.3 Å². The Hall–Kier alpha value is -3.65. The number of hydrogen-bond acceptors (Lipinski definition) is 9. The number of aryl methyl sites for hydroxylation is 1. The van der Waals surface area contributed by atoms with Crippen LogP contribution in [0.25, 0.3) is 0 Å². The Balaban J connectivity index is 1.41. The molecular weight excluding hydrogens is 540 g/mol. The normalized spacial score (nSPS) is 17.3. The van der Waals surface area contributed by atoms with Crippen LogP contribution in [-0.4, -0.2) is 27.6 Å². The molecule has 192 valence electrons. The van der Waals surface area contributed by atoms with Crippen molar-refractivity contribution in [1.82, 2.24) is 10.2 Å². The number of benzene rings is 2. The van der Waals surface area contributed by atoms with Crippen molar-refractivity contribution in [1.29, 1.82) is 5.26 Å². The van der Waals surface area contributed by atoms with E-state index in [0.717, 1.165) is 22.5 Å². The zero-order chi connectivity index (χ0) is 26.8. The van der Waals surface area contributed by atoms with Crippen molar-refractivity contribution >= 4 is 57.2 Å². The number of carbonyl (C=O) groups is 2. The summed E-state index contributed by atoms with van der Waals surface area (Å²) in [5.41, 5.74) is 10.8. The predicted molar refractivity (Wildman–Crippen MR) is 150 cm³/mol. The highest BCUT2D eigenvalue weighted by atomic mass is 35.5. The third-order valence-electron chi connectivity index (χ3n) is 6.37. The van der Waals surface area contributed by atoms with E-state index in [4.69, 9.17) is 17.3 Å². The number of rotatable bonds is 6. The maximum atomic E-state index is 13.2. The topological polar surface area (TPSA) is 125 Å². The molecule has 5 rings (SSSR count). The number of nitriles is 1. The number of hydrogen-bond donors (Lipinski definition) is 2. The molecule has 11 heteroatoms. The summed E-state index contributed by atoms with van der Waals surface area (Å²) in [5, 5.41) is 22.6. The van der Waals surface area contributed by atoms with Gasteiger partial charge in [-0.15, -0.1) is 10.2 Å². The van der Waals surface area contributed by atoms with Gasteiger partial charge >= 0.3 is 0 Å². The lowest BCUT2D eigenvalue weighted by molar-refractivity contribution is -0.116. The van der Waals surface area contributed by atoms with Crippen LogP contribution in [0.15, 0.2) is 75.5 Å². The molecule has 2 aromatic carbocycles. The van der Waals surface area contributed by atoms with E-state index in [-0.39, 0.29) is 28.8 Å². The number of amides is 1. The summed E-state index contributed by atoms with van der Waals surface area (Å²) in [5.74, 6) is -0.353. The van der Waals surface area contributed by atoms with Crippen molar-refractivity contribution in [2.75, 3.05) is 16.0 Å². The van der Waals surface area contributed by atoms with E-state index in [9.17, 15) is 14.9 Å². The second-order valence-corrected chi connectivity index (χ2v) is 11.5. The minimum Gasteiger partial charge on any atom is -0.384 e. The smallest absolute Gasteiger partial charge is 0.234 e. The van der Waals surface area contributed by atoms with Gasteiger partial charge in [-0.25, -0.2) is 0 Å². The number of nitrogens with one attached hydrogen (secondary N) is 1. The molecule has 1 unspecified atom stereocenters. The van der Waals surface area contributed by atoms with Crippen molar-refractivity contribution in [2.24, 2.45) is 5.73 Å². The van der Waals surface area contributed by atoms with E-state index >= 15 is 0 Å². The summed E-state index contributed by atoms with van der Waals surface area (Å²) < 4.78 is 0.578. The highest BCUT2D eigenvalue weighted by Crippen LogP contribution is 2.47. The largest absolute Gasteiger partial charge is 0.384 e. The number of aromatic nitrogens is 2. The number of nitrogens with zero attached hydrogens (tertiary/aromatic N) is 4. The van der Waals surface area contributed by atoms with E-state index in [2.05, 4.69) is 21.6 Å². The summed E-state index contributed by atoms with van der Waals surface area (Å²) in [6.45, 7) is 1.98. The fraction of sp³-hybridized carbons (Fsp3) is 0.222. The first-order valence-corrected chi connectivity index (χ1v) is 14.1. The Morgan fingerprint density at radius 1 is 1.21 bits per heavy atom. The lowest BCUT2D eigenvalue weighted by Crippen LogP contribution is -2.38. The molecule has 2 aliphatic rings. The Morgan fingerprint density at radius 2 is 1.95 bits per heavy atom. The number of allylic oxidation sites excluding steroid dienone is 3. The highest BCUT2D eigenvalue weighted by molar-refractivity contribution is 8.01. The molecule has 0 saturated heterocycles. The molecule has 1 aliphatic heterocycles. The molecule has 0 fully saturated rings. The molecule has 1 aliphatic carbocycles. The fourth-order valence-electron chi connectivity index (χ4n) is 4.61. The summed E-state index contributed by atoms with van der Waals surface area (Å²) in [6.07, 6.45) is 1.70. The van der Waals surface area contributed by atoms with E-state index in [1.165, 1.54) is 23.1 Å². The third-order valence-corrected chi connectivity index (χ3v) is 8.66. The number of ketones is 1. The lowest BCUT2D eigenvalue weighted by atomic mass is 9.76. The minimum atomic E-state index is -0.566. The molecular formula is C27H23ClN6O2S2. The van der Waals surface area contributed by atoms with Crippen LogP contribution in [0.3, 0.4) is 0 Å². The lowest BCUT2D eigenvalue weighted by Gasteiger charge is -2.38. The van der Waals surface area contributed by atoms with Crippen LogP contribution >= 0.6 is 34.7 Å². The SMILES string of the molecule is Cc1ccc(NC(=O)CSc2nnc(N3C(N)=C(C#N)C(c4ccc(Cl)cc4)C4=C3CCCC4=O)s2)cc1. The first-order chi connectivity index (χ1) is 18.4. The first kappa shape index (κ1) is 26.0. The molecule has 0 spiro atoms. The van der Waals surface area contributed by atoms with Crippen LogP contribution in [0.2, 0.25) is 5.02 Å². The summed E-state index contributed by atoms with van der Waals surface area (Å²) in [4.78, 5) is 27.3. The molecule has 0 saturated carbocycles. The molecule has 3 aromatic rings. The van der Waals surface area contributed by atoms with Crippen molar-refractivity contribution in [3.63, 3.8) is 0 Å². The van der Waals surface area contributed by atoms with E-state index < -0.39 is 5.92 Å². The average Bonchev–Trinajstić information content (AvgIpc) is 3.37. The van der Waals surface area contributed by atoms with Gasteiger partial charge in [0.05, 0.1) is 23.3 Å².